The minimum Gasteiger partial charge on any atom is -0.790 e. The van der Waals surface area contributed by atoms with Crippen LogP contribution >= 0.6 is 35.2 Å². The van der Waals surface area contributed by atoms with E-state index in [1.165, 1.54) is 26.8 Å². The fourth-order valence-electron chi connectivity index (χ4n) is 5.11. The lowest BCUT2D eigenvalue weighted by Crippen LogP contribution is -2.46. The largest absolute Gasteiger partial charge is 0.790 e. The van der Waals surface area contributed by atoms with E-state index >= 15 is 0 Å². The molecule has 8 unspecified atom stereocenters. The molecule has 322 valence electrons. The molecule has 1 fully saturated rings. The molecule has 2 amide bonds. The van der Waals surface area contributed by atoms with Crippen molar-refractivity contribution in [1.82, 2.24) is 30.2 Å². The van der Waals surface area contributed by atoms with Crippen LogP contribution in [0.4, 0.5) is 5.82 Å². The van der Waals surface area contributed by atoms with E-state index in [1.54, 1.807) is 0 Å². The third-order valence-corrected chi connectivity index (χ3v) is 12.0. The zero-order valence-electron chi connectivity index (χ0n) is 30.6. The molecule has 0 saturated carbocycles. The summed E-state index contributed by atoms with van der Waals surface area (Å²) in [4.78, 5) is 96.2. The van der Waals surface area contributed by atoms with E-state index in [0.717, 1.165) is 29.0 Å². The Morgan fingerprint density at radius 2 is 1.79 bits per heavy atom. The number of ether oxygens (including phenoxy) is 1. The van der Waals surface area contributed by atoms with E-state index in [9.17, 15) is 63.0 Å². The molecular formula is C28H42N7O18P3S-4. The smallest absolute Gasteiger partial charge is 0.274 e. The van der Waals surface area contributed by atoms with Gasteiger partial charge < -0.3 is 74.1 Å². The number of hydrogen-bond donors (Lipinski definition) is 6. The molecule has 25 nitrogen and oxygen atoms in total. The molecule has 3 rings (SSSR count). The monoisotopic (exact) mass is 889 g/mol. The van der Waals surface area contributed by atoms with Crippen LogP contribution in [0, 0.1) is 5.41 Å². The van der Waals surface area contributed by atoms with Crippen LogP contribution in [0.15, 0.2) is 25.3 Å². The summed E-state index contributed by atoms with van der Waals surface area (Å²) in [5.41, 5.74) is 1.98. The van der Waals surface area contributed by atoms with E-state index in [4.69, 9.17) is 10.5 Å². The maximum Gasteiger partial charge on any atom is 0.274 e. The molecule has 1 saturated heterocycles. The SMILES string of the molecule is C=CCC(O)CC(=O)SCCNC(=O)CCNC(=O)C(O)C(C)(C)COP(=O)([O-])OP(=O)([O-])OCC1OC(C)(n2cnc3c(N)ncnc32)C(O)C1OP(=O)([O-])[O-]. The zero-order chi connectivity index (χ0) is 43.0. The van der Waals surface area contributed by atoms with Crippen LogP contribution in [0.25, 0.3) is 11.2 Å². The van der Waals surface area contributed by atoms with Crippen molar-refractivity contribution in [3.63, 3.8) is 0 Å². The van der Waals surface area contributed by atoms with Gasteiger partial charge >= 0.3 is 0 Å². The second kappa shape index (κ2) is 20.0. The lowest BCUT2D eigenvalue weighted by molar-refractivity contribution is -0.347. The molecule has 0 aromatic carbocycles. The number of phosphoric ester groups is 3. The first kappa shape index (κ1) is 48.6. The minimum atomic E-state index is -5.94. The number of imidazole rings is 1. The standard InChI is InChI=1S/C28H46N7O18P3S/c1-5-6-16(36)11-19(38)57-10-9-30-18(37)7-8-31-26(41)23(40)27(2,3)13-50-56(47,48)53-55(45,46)49-12-17-21(52-54(42,43)44)22(39)28(4,51-17)35-15-34-20-24(29)32-14-33-25(20)35/h5,14-17,21-23,36,39-40H,1,6-13H2,2-4H3,(H,30,37)(H,31,41)(H,45,46)(H,47,48)(H2,29,32,33)(H2,42,43,44)/p-4. The normalized spacial score (nSPS) is 23.3. The Morgan fingerprint density at radius 1 is 1.12 bits per heavy atom. The first-order valence-electron chi connectivity index (χ1n) is 16.6. The Hall–Kier alpha value is -2.74. The third-order valence-electron chi connectivity index (χ3n) is 8.07. The van der Waals surface area contributed by atoms with Crippen LogP contribution in [0.2, 0.25) is 0 Å². The highest BCUT2D eigenvalue weighted by Gasteiger charge is 2.55. The number of aliphatic hydroxyl groups excluding tert-OH is 3. The number of nitrogen functional groups attached to an aromatic ring is 1. The minimum absolute atomic E-state index is 0.0293. The average Bonchev–Trinajstić information content (AvgIpc) is 3.64. The Bertz CT molecular complexity index is 1900. The summed E-state index contributed by atoms with van der Waals surface area (Å²) < 4.78 is 61.0. The number of nitrogens with one attached hydrogen (secondary N) is 2. The number of nitrogens with zero attached hydrogens (tertiary/aromatic N) is 4. The van der Waals surface area contributed by atoms with Gasteiger partial charge in [0.25, 0.3) is 15.6 Å². The number of carbonyl (C=O) groups is 3. The maximum atomic E-state index is 12.6. The number of aromatic nitrogens is 4. The van der Waals surface area contributed by atoms with Crippen molar-refractivity contribution in [3.8, 4) is 0 Å². The number of nitrogens with two attached hydrogens (primary N) is 1. The van der Waals surface area contributed by atoms with E-state index in [1.807, 2.05) is 0 Å². The highest BCUT2D eigenvalue weighted by Crippen LogP contribution is 2.56. The molecule has 2 aromatic heterocycles. The summed E-state index contributed by atoms with van der Waals surface area (Å²) in [5, 5.41) is 35.7. The van der Waals surface area contributed by atoms with Crippen LogP contribution < -0.4 is 35.9 Å². The summed E-state index contributed by atoms with van der Waals surface area (Å²) in [6.45, 7) is 4.55. The molecule has 7 N–H and O–H groups in total. The van der Waals surface area contributed by atoms with Crippen molar-refractivity contribution >= 4 is 69.1 Å². The van der Waals surface area contributed by atoms with Gasteiger partial charge in [0.15, 0.2) is 22.3 Å². The van der Waals surface area contributed by atoms with Crippen molar-refractivity contribution in [2.75, 3.05) is 37.8 Å². The quantitative estimate of drug-likeness (QED) is 0.0360. The lowest BCUT2D eigenvalue weighted by atomic mass is 9.87. The number of rotatable bonds is 23. The second-order valence-corrected chi connectivity index (χ2v) is 18.4. The highest BCUT2D eigenvalue weighted by atomic mass is 32.2. The van der Waals surface area contributed by atoms with E-state index in [-0.39, 0.29) is 60.2 Å². The first-order chi connectivity index (χ1) is 26.3. The van der Waals surface area contributed by atoms with Gasteiger partial charge in [-0.25, -0.2) is 19.3 Å². The number of thioether (sulfide) groups is 1. The van der Waals surface area contributed by atoms with Crippen molar-refractivity contribution in [2.45, 2.75) is 76.3 Å². The van der Waals surface area contributed by atoms with Gasteiger partial charge in [0.2, 0.25) is 11.8 Å². The van der Waals surface area contributed by atoms with Gasteiger partial charge in [0.05, 0.1) is 33.5 Å². The van der Waals surface area contributed by atoms with Crippen LogP contribution in [-0.4, -0.2) is 114 Å². The molecule has 1 aliphatic rings. The maximum absolute atomic E-state index is 12.6. The topological polar surface area (TPSA) is 395 Å². The molecule has 57 heavy (non-hydrogen) atoms. The van der Waals surface area contributed by atoms with Gasteiger partial charge in [-0.3, -0.25) is 28.1 Å². The summed E-state index contributed by atoms with van der Waals surface area (Å²) in [7, 11) is -17.7. The Kier molecular flexibility index (Phi) is 17.1. The fraction of sp³-hybridized carbons (Fsp3) is 0.643. The number of hydrogen-bond acceptors (Lipinski definition) is 23. The van der Waals surface area contributed by atoms with Crippen LogP contribution in [0.5, 0.6) is 0 Å². The number of phosphoric acid groups is 3. The first-order valence-corrected chi connectivity index (χ1v) is 22.0. The van der Waals surface area contributed by atoms with Crippen molar-refractivity contribution < 1.29 is 85.6 Å². The number of aliphatic hydroxyl groups is 3. The van der Waals surface area contributed by atoms with E-state index in [0.29, 0.717) is 0 Å². The van der Waals surface area contributed by atoms with Crippen LogP contribution in [-0.2, 0) is 56.4 Å². The van der Waals surface area contributed by atoms with Crippen LogP contribution in [0.3, 0.4) is 0 Å². The summed E-state index contributed by atoms with van der Waals surface area (Å²) >= 11 is 0.918. The Balaban J connectivity index is 1.51. The molecule has 2 aromatic rings. The summed E-state index contributed by atoms with van der Waals surface area (Å²) in [6.07, 6.45) is -5.35. The van der Waals surface area contributed by atoms with Gasteiger partial charge in [-0.1, -0.05) is 31.7 Å². The Morgan fingerprint density at radius 3 is 2.44 bits per heavy atom. The van der Waals surface area contributed by atoms with Gasteiger partial charge in [-0.2, -0.15) is 0 Å². The second-order valence-electron chi connectivity index (χ2n) is 13.1. The number of anilines is 1. The van der Waals surface area contributed by atoms with E-state index < -0.39 is 90.2 Å². The molecule has 0 bridgehead atoms. The van der Waals surface area contributed by atoms with Gasteiger partial charge in [0, 0.05) is 37.1 Å². The summed E-state index contributed by atoms with van der Waals surface area (Å²) in [5.74, 6) is -1.40. The lowest BCUT2D eigenvalue weighted by Gasteiger charge is -2.36. The predicted molar refractivity (Wildman–Crippen MR) is 188 cm³/mol. The van der Waals surface area contributed by atoms with Crippen molar-refractivity contribution in [2.24, 2.45) is 5.41 Å². The van der Waals surface area contributed by atoms with Crippen molar-refractivity contribution in [3.05, 3.63) is 25.3 Å². The molecule has 3 heterocycles. The zero-order valence-corrected chi connectivity index (χ0v) is 34.1. The molecule has 0 aliphatic carbocycles. The third kappa shape index (κ3) is 14.2. The molecule has 0 spiro atoms. The van der Waals surface area contributed by atoms with Crippen LogP contribution in [0.1, 0.15) is 40.0 Å². The molecule has 1 aliphatic heterocycles. The molecule has 0 radical (unpaired) electrons. The summed E-state index contributed by atoms with van der Waals surface area (Å²) in [6, 6.07) is 0. The van der Waals surface area contributed by atoms with Gasteiger partial charge in [-0.05, 0) is 13.3 Å². The average molecular weight is 890 g/mol. The van der Waals surface area contributed by atoms with Gasteiger partial charge in [-0.15, -0.1) is 6.58 Å². The predicted octanol–water partition coefficient (Wildman–Crippen LogP) is -3.36. The molecule has 8 atom stereocenters. The fourth-order valence-corrected chi connectivity index (χ4v) is 8.58. The van der Waals surface area contributed by atoms with Gasteiger partial charge in [0.1, 0.15) is 36.3 Å². The number of carbonyl (C=O) groups excluding carboxylic acids is 3. The highest BCUT2D eigenvalue weighted by molar-refractivity contribution is 8.13. The number of fused-ring (bicyclic) bond motifs is 1. The molecule has 29 heteroatoms. The van der Waals surface area contributed by atoms with Crippen molar-refractivity contribution in [1.29, 1.82) is 0 Å². The Labute approximate surface area is 329 Å². The molecular weight excluding hydrogens is 847 g/mol. The number of amides is 2. The van der Waals surface area contributed by atoms with E-state index in [2.05, 4.69) is 50.0 Å².